The van der Waals surface area contributed by atoms with E-state index in [0.717, 1.165) is 0 Å². The molecule has 1 aromatic carbocycles. The highest BCUT2D eigenvalue weighted by Gasteiger charge is 2.27. The summed E-state index contributed by atoms with van der Waals surface area (Å²) < 4.78 is 31.2. The lowest BCUT2D eigenvalue weighted by Crippen LogP contribution is -2.39. The van der Waals surface area contributed by atoms with Gasteiger partial charge in [-0.1, -0.05) is 0 Å². The first-order valence-electron chi connectivity index (χ1n) is 5.90. The third-order valence-electron chi connectivity index (χ3n) is 2.70. The van der Waals surface area contributed by atoms with Crippen LogP contribution >= 0.6 is 0 Å². The number of anilines is 1. The first-order valence-corrected chi connectivity index (χ1v) is 7.34. The van der Waals surface area contributed by atoms with Crippen molar-refractivity contribution in [2.24, 2.45) is 0 Å². The van der Waals surface area contributed by atoms with Crippen molar-refractivity contribution >= 4 is 15.7 Å². The highest BCUT2D eigenvalue weighted by Crippen LogP contribution is 2.26. The van der Waals surface area contributed by atoms with E-state index in [1.54, 1.807) is 13.8 Å². The van der Waals surface area contributed by atoms with Crippen molar-refractivity contribution < 1.29 is 18.3 Å². The van der Waals surface area contributed by atoms with Crippen LogP contribution in [0.1, 0.15) is 13.8 Å². The molecule has 1 rings (SSSR count). The molecule has 108 valence electrons. The number of methoxy groups -OCH3 is 1. The largest absolute Gasteiger partial charge is 0.506 e. The van der Waals surface area contributed by atoms with Gasteiger partial charge in [0.1, 0.15) is 5.75 Å². The summed E-state index contributed by atoms with van der Waals surface area (Å²) in [6.45, 7) is 4.15. The summed E-state index contributed by atoms with van der Waals surface area (Å²) in [5.41, 5.74) is 5.57. The van der Waals surface area contributed by atoms with Crippen molar-refractivity contribution in [2.45, 2.75) is 24.8 Å². The number of rotatable bonds is 6. The van der Waals surface area contributed by atoms with E-state index < -0.39 is 10.0 Å². The maximum Gasteiger partial charge on any atom is 0.243 e. The monoisotopic (exact) mass is 288 g/mol. The fourth-order valence-corrected chi connectivity index (χ4v) is 3.32. The molecule has 0 aliphatic rings. The predicted octanol–water partition coefficient (Wildman–Crippen LogP) is 1.02. The van der Waals surface area contributed by atoms with Crippen LogP contribution in [0.4, 0.5) is 5.69 Å². The van der Waals surface area contributed by atoms with Crippen molar-refractivity contribution in [2.75, 3.05) is 26.0 Å². The number of phenolic OH excluding ortho intramolecular Hbond substituents is 1. The minimum atomic E-state index is -3.65. The van der Waals surface area contributed by atoms with Gasteiger partial charge < -0.3 is 15.6 Å². The van der Waals surface area contributed by atoms with Gasteiger partial charge >= 0.3 is 0 Å². The fraction of sp³-hybridized carbons (Fsp3) is 0.500. The summed E-state index contributed by atoms with van der Waals surface area (Å²) in [4.78, 5) is 0.0626. The highest BCUT2D eigenvalue weighted by molar-refractivity contribution is 7.89. The Bertz CT molecular complexity index is 529. The molecule has 0 fully saturated rings. The zero-order chi connectivity index (χ0) is 14.6. The number of nitrogen functional groups attached to an aromatic ring is 1. The Morgan fingerprint density at radius 2 is 2.05 bits per heavy atom. The van der Waals surface area contributed by atoms with E-state index in [9.17, 15) is 13.5 Å². The van der Waals surface area contributed by atoms with E-state index in [4.69, 9.17) is 10.5 Å². The molecular weight excluding hydrogens is 268 g/mol. The van der Waals surface area contributed by atoms with Gasteiger partial charge in [-0.2, -0.15) is 4.31 Å². The number of nitrogens with zero attached hydrogens (tertiary/aromatic N) is 1. The molecule has 0 aromatic heterocycles. The third-order valence-corrected chi connectivity index (χ3v) is 4.77. The van der Waals surface area contributed by atoms with Gasteiger partial charge in [0, 0.05) is 19.7 Å². The Hall–Kier alpha value is -1.31. The molecule has 0 atom stereocenters. The number of phenols is 1. The molecule has 19 heavy (non-hydrogen) atoms. The molecule has 1 aromatic rings. The molecule has 6 nitrogen and oxygen atoms in total. The van der Waals surface area contributed by atoms with Gasteiger partial charge in [-0.05, 0) is 32.0 Å². The van der Waals surface area contributed by atoms with E-state index in [1.165, 1.54) is 29.6 Å². The lowest BCUT2D eigenvalue weighted by Gasteiger charge is -2.25. The Morgan fingerprint density at radius 3 is 2.53 bits per heavy atom. The van der Waals surface area contributed by atoms with E-state index in [2.05, 4.69) is 0 Å². The van der Waals surface area contributed by atoms with Gasteiger partial charge in [-0.3, -0.25) is 0 Å². The number of hydrogen-bond donors (Lipinski definition) is 2. The fourth-order valence-electron chi connectivity index (χ4n) is 1.67. The van der Waals surface area contributed by atoms with Crippen LogP contribution in [-0.4, -0.2) is 44.1 Å². The lowest BCUT2D eigenvalue weighted by molar-refractivity contribution is 0.171. The quantitative estimate of drug-likeness (QED) is 0.602. The maximum atomic E-state index is 12.5. The van der Waals surface area contributed by atoms with Gasteiger partial charge in [0.05, 0.1) is 17.2 Å². The zero-order valence-corrected chi connectivity index (χ0v) is 12.1. The van der Waals surface area contributed by atoms with Gasteiger partial charge in [0.15, 0.2) is 0 Å². The molecule has 3 N–H and O–H groups in total. The SMILES string of the molecule is COCCN(C(C)C)S(=O)(=O)c1ccc(O)c(N)c1. The molecule has 0 saturated carbocycles. The first-order chi connectivity index (χ1) is 8.80. The van der Waals surface area contributed by atoms with Crippen molar-refractivity contribution in [3.63, 3.8) is 0 Å². The van der Waals surface area contributed by atoms with Crippen LogP contribution in [-0.2, 0) is 14.8 Å². The summed E-state index contributed by atoms with van der Waals surface area (Å²) in [6.07, 6.45) is 0. The second-order valence-electron chi connectivity index (χ2n) is 4.42. The van der Waals surface area contributed by atoms with Crippen LogP contribution in [0.15, 0.2) is 23.1 Å². The topological polar surface area (TPSA) is 92.9 Å². The highest BCUT2D eigenvalue weighted by atomic mass is 32.2. The standard InChI is InChI=1S/C12H20N2O4S/c1-9(2)14(6-7-18-3)19(16,17)10-4-5-12(15)11(13)8-10/h4-5,8-9,15H,6-7,13H2,1-3H3. The Balaban J connectivity index is 3.15. The summed E-state index contributed by atoms with van der Waals surface area (Å²) in [7, 11) is -2.13. The molecule has 0 radical (unpaired) electrons. The van der Waals surface area contributed by atoms with Crippen LogP contribution < -0.4 is 5.73 Å². The summed E-state index contributed by atoms with van der Waals surface area (Å²) in [6, 6.07) is 3.67. The number of aromatic hydroxyl groups is 1. The van der Waals surface area contributed by atoms with Gasteiger partial charge in [0.2, 0.25) is 10.0 Å². The van der Waals surface area contributed by atoms with E-state index in [-0.39, 0.29) is 28.9 Å². The summed E-state index contributed by atoms with van der Waals surface area (Å²) >= 11 is 0. The molecule has 0 bridgehead atoms. The molecule has 0 aliphatic heterocycles. The maximum absolute atomic E-state index is 12.5. The molecule has 0 unspecified atom stereocenters. The molecule has 7 heteroatoms. The smallest absolute Gasteiger partial charge is 0.243 e. The summed E-state index contributed by atoms with van der Waals surface area (Å²) in [5.74, 6) is -0.132. The predicted molar refractivity (Wildman–Crippen MR) is 73.4 cm³/mol. The van der Waals surface area contributed by atoms with Crippen molar-refractivity contribution in [3.05, 3.63) is 18.2 Å². The summed E-state index contributed by atoms with van der Waals surface area (Å²) in [5, 5.41) is 9.35. The van der Waals surface area contributed by atoms with Crippen LogP contribution in [0, 0.1) is 0 Å². The minimum Gasteiger partial charge on any atom is -0.506 e. The third kappa shape index (κ3) is 3.59. The number of benzene rings is 1. The van der Waals surface area contributed by atoms with Crippen LogP contribution in [0.2, 0.25) is 0 Å². The Labute approximate surface area is 113 Å². The minimum absolute atomic E-state index is 0.0384. The van der Waals surface area contributed by atoms with E-state index in [1.807, 2.05) is 0 Å². The average molecular weight is 288 g/mol. The van der Waals surface area contributed by atoms with Crippen LogP contribution in [0.5, 0.6) is 5.75 Å². The van der Waals surface area contributed by atoms with Crippen molar-refractivity contribution in [1.29, 1.82) is 0 Å². The molecule has 0 saturated heterocycles. The number of sulfonamides is 1. The molecule has 0 heterocycles. The second kappa shape index (κ2) is 6.23. The number of hydrogen-bond acceptors (Lipinski definition) is 5. The van der Waals surface area contributed by atoms with Gasteiger partial charge in [-0.25, -0.2) is 8.42 Å². The number of ether oxygens (including phenoxy) is 1. The second-order valence-corrected chi connectivity index (χ2v) is 6.31. The van der Waals surface area contributed by atoms with Gasteiger partial charge in [-0.15, -0.1) is 0 Å². The molecule has 0 aliphatic carbocycles. The molecule has 0 spiro atoms. The molecule has 0 amide bonds. The van der Waals surface area contributed by atoms with Crippen LogP contribution in [0.3, 0.4) is 0 Å². The zero-order valence-electron chi connectivity index (χ0n) is 11.3. The average Bonchev–Trinajstić information content (AvgIpc) is 2.32. The normalized spacial score (nSPS) is 12.3. The van der Waals surface area contributed by atoms with Gasteiger partial charge in [0.25, 0.3) is 0 Å². The molecular formula is C12H20N2O4S. The Morgan fingerprint density at radius 1 is 1.42 bits per heavy atom. The number of nitrogens with two attached hydrogens (primary N) is 1. The van der Waals surface area contributed by atoms with E-state index >= 15 is 0 Å². The van der Waals surface area contributed by atoms with E-state index in [0.29, 0.717) is 6.61 Å². The van der Waals surface area contributed by atoms with Crippen LogP contribution in [0.25, 0.3) is 0 Å². The van der Waals surface area contributed by atoms with Crippen molar-refractivity contribution in [1.82, 2.24) is 4.31 Å². The Kier molecular flexibility index (Phi) is 5.16. The first kappa shape index (κ1) is 15.7. The van der Waals surface area contributed by atoms with Crippen molar-refractivity contribution in [3.8, 4) is 5.75 Å². The lowest BCUT2D eigenvalue weighted by atomic mass is 10.3.